The van der Waals surface area contributed by atoms with Crippen molar-refractivity contribution in [2.75, 3.05) is 46.9 Å². The Morgan fingerprint density at radius 3 is 2.38 bits per heavy atom. The largest absolute Gasteiger partial charge is 0.493 e. The zero-order chi connectivity index (χ0) is 20.6. The van der Waals surface area contributed by atoms with Crippen LogP contribution in [0.25, 0.3) is 0 Å². The molecule has 156 valence electrons. The van der Waals surface area contributed by atoms with E-state index in [1.54, 1.807) is 25.8 Å². The first-order valence-corrected chi connectivity index (χ1v) is 9.82. The fraction of sp³-hybridized carbons (Fsp3) is 0.409. The van der Waals surface area contributed by atoms with Gasteiger partial charge >= 0.3 is 0 Å². The molecular formula is C22H29N3O4. The molecule has 1 aliphatic rings. The number of carbonyl (C=O) groups is 1. The summed E-state index contributed by atoms with van der Waals surface area (Å²) in [5.41, 5.74) is 4.47. The summed E-state index contributed by atoms with van der Waals surface area (Å²) in [6.45, 7) is 5.82. The molecule has 2 N–H and O–H groups in total. The Hall–Kier alpha value is -2.61. The third-order valence-corrected chi connectivity index (χ3v) is 5.33. The molecule has 1 saturated heterocycles. The Labute approximate surface area is 171 Å². The Morgan fingerprint density at radius 1 is 0.966 bits per heavy atom. The van der Waals surface area contributed by atoms with Crippen LogP contribution in [0.4, 0.5) is 0 Å². The molecule has 7 heteroatoms. The van der Waals surface area contributed by atoms with Gasteiger partial charge in [-0.15, -0.1) is 0 Å². The lowest BCUT2D eigenvalue weighted by molar-refractivity contribution is 0.0706. The molecule has 0 unspecified atom stereocenters. The topological polar surface area (TPSA) is 74.3 Å². The fourth-order valence-corrected chi connectivity index (χ4v) is 3.63. The number of carbonyl (C=O) groups excluding carboxylic acids is 1. The van der Waals surface area contributed by atoms with Gasteiger partial charge in [0.1, 0.15) is 0 Å². The quantitative estimate of drug-likeness (QED) is 0.524. The van der Waals surface area contributed by atoms with Crippen LogP contribution in [0.15, 0.2) is 42.5 Å². The van der Waals surface area contributed by atoms with Crippen LogP contribution in [0.2, 0.25) is 0 Å². The summed E-state index contributed by atoms with van der Waals surface area (Å²) >= 11 is 0. The summed E-state index contributed by atoms with van der Waals surface area (Å²) in [6, 6.07) is 13.5. The summed E-state index contributed by atoms with van der Waals surface area (Å²) in [5.74, 6) is 1.05. The Morgan fingerprint density at radius 2 is 1.69 bits per heavy atom. The highest BCUT2D eigenvalue weighted by atomic mass is 16.5. The summed E-state index contributed by atoms with van der Waals surface area (Å²) in [7, 11) is 3.31. The highest BCUT2D eigenvalue weighted by Gasteiger charge is 2.17. The van der Waals surface area contributed by atoms with Gasteiger partial charge in [0.05, 0.1) is 14.2 Å². The smallest absolute Gasteiger partial charge is 0.274 e. The van der Waals surface area contributed by atoms with Crippen molar-refractivity contribution in [3.63, 3.8) is 0 Å². The number of nitrogens with zero attached hydrogens (tertiary/aromatic N) is 2. The average Bonchev–Trinajstić information content (AvgIpc) is 2.78. The van der Waals surface area contributed by atoms with Crippen molar-refractivity contribution in [1.82, 2.24) is 15.3 Å². The SMILES string of the molecule is COc1ccc(CCN2CCN(Cc3cccc(C(=O)NO)c3)CC2)cc1OC. The molecule has 29 heavy (non-hydrogen) atoms. The average molecular weight is 399 g/mol. The van der Waals surface area contributed by atoms with E-state index in [9.17, 15) is 4.79 Å². The zero-order valence-electron chi connectivity index (χ0n) is 17.1. The molecule has 0 aromatic heterocycles. The summed E-state index contributed by atoms with van der Waals surface area (Å²) in [6.07, 6.45) is 0.971. The second-order valence-corrected chi connectivity index (χ2v) is 7.20. The van der Waals surface area contributed by atoms with Crippen molar-refractivity contribution in [2.45, 2.75) is 13.0 Å². The third kappa shape index (κ3) is 5.69. The van der Waals surface area contributed by atoms with Crippen LogP contribution in [0, 0.1) is 0 Å². The highest BCUT2D eigenvalue weighted by molar-refractivity contribution is 5.93. The molecule has 1 aliphatic heterocycles. The maximum absolute atomic E-state index is 11.6. The van der Waals surface area contributed by atoms with Crippen molar-refractivity contribution >= 4 is 5.91 Å². The number of benzene rings is 2. The minimum Gasteiger partial charge on any atom is -0.493 e. The fourth-order valence-electron chi connectivity index (χ4n) is 3.63. The van der Waals surface area contributed by atoms with Gasteiger partial charge in [-0.05, 0) is 41.8 Å². The molecule has 0 aliphatic carbocycles. The van der Waals surface area contributed by atoms with E-state index in [1.807, 2.05) is 30.3 Å². The van der Waals surface area contributed by atoms with E-state index in [1.165, 1.54) is 5.56 Å². The van der Waals surface area contributed by atoms with Gasteiger partial charge in [0.2, 0.25) is 0 Å². The van der Waals surface area contributed by atoms with E-state index < -0.39 is 5.91 Å². The lowest BCUT2D eigenvalue weighted by Crippen LogP contribution is -2.46. The minimum absolute atomic E-state index is 0.471. The third-order valence-electron chi connectivity index (χ3n) is 5.33. The Kier molecular flexibility index (Phi) is 7.46. The predicted octanol–water partition coefficient (Wildman–Crippen LogP) is 2.18. The number of rotatable bonds is 8. The van der Waals surface area contributed by atoms with Gasteiger partial charge in [-0.25, -0.2) is 5.48 Å². The van der Waals surface area contributed by atoms with Gasteiger partial charge in [0.25, 0.3) is 5.91 Å². The zero-order valence-corrected chi connectivity index (χ0v) is 17.1. The van der Waals surface area contributed by atoms with Crippen LogP contribution < -0.4 is 15.0 Å². The summed E-state index contributed by atoms with van der Waals surface area (Å²) in [5, 5.41) is 8.79. The van der Waals surface area contributed by atoms with Gasteiger partial charge in [0.15, 0.2) is 11.5 Å². The molecule has 7 nitrogen and oxygen atoms in total. The second-order valence-electron chi connectivity index (χ2n) is 7.20. The van der Waals surface area contributed by atoms with Gasteiger partial charge in [0, 0.05) is 44.8 Å². The number of nitrogens with one attached hydrogen (secondary N) is 1. The maximum atomic E-state index is 11.6. The van der Waals surface area contributed by atoms with E-state index in [0.29, 0.717) is 5.56 Å². The highest BCUT2D eigenvalue weighted by Crippen LogP contribution is 2.27. The van der Waals surface area contributed by atoms with Crippen LogP contribution in [0.1, 0.15) is 21.5 Å². The standard InChI is InChI=1S/C22H29N3O4/c1-28-20-7-6-17(15-21(20)29-2)8-9-24-10-12-25(13-11-24)16-18-4-3-5-19(14-18)22(26)23-27/h3-7,14-15,27H,8-13,16H2,1-2H3,(H,23,26). The van der Waals surface area contributed by atoms with Crippen LogP contribution >= 0.6 is 0 Å². The van der Waals surface area contributed by atoms with E-state index in [2.05, 4.69) is 15.9 Å². The Balaban J connectivity index is 1.47. The molecule has 2 aromatic carbocycles. The van der Waals surface area contributed by atoms with Crippen molar-refractivity contribution in [3.05, 3.63) is 59.2 Å². The number of hydroxylamine groups is 1. The number of methoxy groups -OCH3 is 2. The molecule has 0 atom stereocenters. The monoisotopic (exact) mass is 399 g/mol. The van der Waals surface area contributed by atoms with Gasteiger partial charge < -0.3 is 14.4 Å². The van der Waals surface area contributed by atoms with E-state index in [0.717, 1.165) is 62.8 Å². The number of hydrogen-bond donors (Lipinski definition) is 2. The van der Waals surface area contributed by atoms with Gasteiger partial charge in [-0.3, -0.25) is 14.9 Å². The summed E-state index contributed by atoms with van der Waals surface area (Å²) in [4.78, 5) is 16.4. The molecule has 1 heterocycles. The van der Waals surface area contributed by atoms with Crippen LogP contribution in [0.3, 0.4) is 0 Å². The minimum atomic E-state index is -0.480. The first-order chi connectivity index (χ1) is 14.1. The molecular weight excluding hydrogens is 370 g/mol. The van der Waals surface area contributed by atoms with E-state index in [4.69, 9.17) is 14.7 Å². The van der Waals surface area contributed by atoms with Crippen molar-refractivity contribution < 1.29 is 19.5 Å². The van der Waals surface area contributed by atoms with E-state index in [-0.39, 0.29) is 0 Å². The van der Waals surface area contributed by atoms with Crippen LogP contribution in [0.5, 0.6) is 11.5 Å². The lowest BCUT2D eigenvalue weighted by Gasteiger charge is -2.34. The maximum Gasteiger partial charge on any atom is 0.274 e. The Bertz CT molecular complexity index is 819. The van der Waals surface area contributed by atoms with Crippen LogP contribution in [-0.4, -0.2) is 67.9 Å². The number of amides is 1. The lowest BCUT2D eigenvalue weighted by atomic mass is 10.1. The molecule has 2 aromatic rings. The predicted molar refractivity (Wildman–Crippen MR) is 111 cm³/mol. The molecule has 3 rings (SSSR count). The normalized spacial score (nSPS) is 15.1. The second kappa shape index (κ2) is 10.2. The van der Waals surface area contributed by atoms with Crippen LogP contribution in [-0.2, 0) is 13.0 Å². The van der Waals surface area contributed by atoms with E-state index >= 15 is 0 Å². The number of ether oxygens (including phenoxy) is 2. The molecule has 0 spiro atoms. The van der Waals surface area contributed by atoms with Gasteiger partial charge in [-0.2, -0.15) is 0 Å². The molecule has 1 amide bonds. The summed E-state index contributed by atoms with van der Waals surface area (Å²) < 4.78 is 10.7. The number of piperazine rings is 1. The number of hydrogen-bond acceptors (Lipinski definition) is 6. The molecule has 1 fully saturated rings. The molecule has 0 saturated carbocycles. The van der Waals surface area contributed by atoms with Crippen molar-refractivity contribution in [3.8, 4) is 11.5 Å². The van der Waals surface area contributed by atoms with Crippen molar-refractivity contribution in [1.29, 1.82) is 0 Å². The molecule has 0 bridgehead atoms. The first-order valence-electron chi connectivity index (χ1n) is 9.82. The first kappa shape index (κ1) is 21.1. The van der Waals surface area contributed by atoms with Gasteiger partial charge in [-0.1, -0.05) is 18.2 Å². The molecule has 0 radical (unpaired) electrons. The van der Waals surface area contributed by atoms with Crippen molar-refractivity contribution in [2.24, 2.45) is 0 Å².